The van der Waals surface area contributed by atoms with Gasteiger partial charge < -0.3 is 10.1 Å². The molecule has 1 aromatic rings. The zero-order chi connectivity index (χ0) is 14.9. The second-order valence-electron chi connectivity index (χ2n) is 6.26. The van der Waals surface area contributed by atoms with Gasteiger partial charge in [0.1, 0.15) is 5.75 Å². The molecule has 0 spiro atoms. The van der Waals surface area contributed by atoms with Gasteiger partial charge >= 0.3 is 0 Å². The van der Waals surface area contributed by atoms with Crippen LogP contribution in [0.1, 0.15) is 44.7 Å². The van der Waals surface area contributed by atoms with Gasteiger partial charge in [-0.2, -0.15) is 0 Å². The van der Waals surface area contributed by atoms with E-state index >= 15 is 0 Å². The third-order valence-corrected chi connectivity index (χ3v) is 5.44. The molecule has 0 radical (unpaired) electrons. The molecule has 1 saturated carbocycles. The molecule has 1 N–H and O–H groups in total. The van der Waals surface area contributed by atoms with E-state index < -0.39 is 0 Å². The summed E-state index contributed by atoms with van der Waals surface area (Å²) >= 11 is 9.80. The maximum atomic E-state index is 6.24. The van der Waals surface area contributed by atoms with Crippen molar-refractivity contribution < 1.29 is 4.74 Å². The number of methoxy groups -OCH3 is 1. The van der Waals surface area contributed by atoms with Crippen LogP contribution in [0.5, 0.6) is 5.75 Å². The van der Waals surface area contributed by atoms with E-state index in [0.717, 1.165) is 20.8 Å². The summed E-state index contributed by atoms with van der Waals surface area (Å²) in [4.78, 5) is 0. The van der Waals surface area contributed by atoms with Crippen LogP contribution in [0.3, 0.4) is 0 Å². The normalized spacial score (nSPS) is 22.8. The van der Waals surface area contributed by atoms with E-state index in [0.29, 0.717) is 11.3 Å². The Morgan fingerprint density at radius 3 is 2.65 bits per heavy atom. The van der Waals surface area contributed by atoms with Crippen molar-refractivity contribution in [1.29, 1.82) is 0 Å². The van der Waals surface area contributed by atoms with Crippen molar-refractivity contribution in [2.24, 2.45) is 11.3 Å². The number of hydrogen-bond acceptors (Lipinski definition) is 2. The molecule has 1 fully saturated rings. The lowest BCUT2D eigenvalue weighted by atomic mass is 9.75. The zero-order valence-electron chi connectivity index (χ0n) is 12.6. The van der Waals surface area contributed by atoms with Crippen LogP contribution in [0, 0.1) is 11.3 Å². The Balaban J connectivity index is 2.47. The Hall–Kier alpha value is -0.250. The van der Waals surface area contributed by atoms with Crippen LogP contribution in [0.4, 0.5) is 0 Å². The van der Waals surface area contributed by atoms with Crippen molar-refractivity contribution in [2.75, 3.05) is 14.2 Å². The molecule has 2 nitrogen and oxygen atoms in total. The molecule has 2 unspecified atom stereocenters. The molecule has 2 rings (SSSR count). The van der Waals surface area contributed by atoms with E-state index in [-0.39, 0.29) is 6.04 Å². The van der Waals surface area contributed by atoms with Gasteiger partial charge in [0.15, 0.2) is 0 Å². The van der Waals surface area contributed by atoms with Gasteiger partial charge in [-0.15, -0.1) is 0 Å². The van der Waals surface area contributed by atoms with Crippen molar-refractivity contribution in [1.82, 2.24) is 5.32 Å². The number of rotatable bonds is 4. The van der Waals surface area contributed by atoms with E-state index in [1.54, 1.807) is 7.11 Å². The van der Waals surface area contributed by atoms with Gasteiger partial charge in [-0.3, -0.25) is 0 Å². The van der Waals surface area contributed by atoms with Crippen LogP contribution in [0.15, 0.2) is 16.6 Å². The molecule has 112 valence electrons. The van der Waals surface area contributed by atoms with Crippen LogP contribution >= 0.6 is 27.5 Å². The van der Waals surface area contributed by atoms with E-state index in [4.69, 9.17) is 16.3 Å². The third-order valence-electron chi connectivity index (χ3n) is 4.63. The standard InChI is InChI=1S/C16H23BrClNO/c1-16(2)7-5-6-12(16)14(19-3)11-8-10(18)9-13(17)15(11)20-4/h8-9,12,14,19H,5-7H2,1-4H3. The van der Waals surface area contributed by atoms with Crippen molar-refractivity contribution in [3.8, 4) is 5.75 Å². The minimum Gasteiger partial charge on any atom is -0.495 e. The van der Waals surface area contributed by atoms with E-state index in [2.05, 4.69) is 35.1 Å². The molecule has 1 aliphatic carbocycles. The van der Waals surface area contributed by atoms with Crippen molar-refractivity contribution in [2.45, 2.75) is 39.2 Å². The first-order chi connectivity index (χ1) is 9.40. The molecule has 0 saturated heterocycles. The minimum atomic E-state index is 0.262. The van der Waals surface area contributed by atoms with E-state index in [9.17, 15) is 0 Å². The van der Waals surface area contributed by atoms with Crippen LogP contribution in [-0.2, 0) is 0 Å². The molecular formula is C16H23BrClNO. The van der Waals surface area contributed by atoms with Crippen molar-refractivity contribution in [3.05, 3.63) is 27.2 Å². The lowest BCUT2D eigenvalue weighted by Crippen LogP contribution is -2.32. The average molecular weight is 361 g/mol. The van der Waals surface area contributed by atoms with Gasteiger partial charge in [0.25, 0.3) is 0 Å². The molecule has 0 bridgehead atoms. The number of nitrogens with one attached hydrogen (secondary N) is 1. The van der Waals surface area contributed by atoms with Crippen molar-refractivity contribution >= 4 is 27.5 Å². The second-order valence-corrected chi connectivity index (χ2v) is 7.55. The number of hydrogen-bond donors (Lipinski definition) is 1. The number of halogens is 2. The Morgan fingerprint density at radius 1 is 1.45 bits per heavy atom. The molecule has 2 atom stereocenters. The predicted molar refractivity (Wildman–Crippen MR) is 88.6 cm³/mol. The molecule has 4 heteroatoms. The average Bonchev–Trinajstić information content (AvgIpc) is 2.70. The SMILES string of the molecule is CNC(c1cc(Cl)cc(Br)c1OC)C1CCCC1(C)C. The highest BCUT2D eigenvalue weighted by molar-refractivity contribution is 9.10. The molecular weight excluding hydrogens is 338 g/mol. The highest BCUT2D eigenvalue weighted by atomic mass is 79.9. The van der Waals surface area contributed by atoms with E-state index in [1.807, 2.05) is 19.2 Å². The summed E-state index contributed by atoms with van der Waals surface area (Å²) in [5.74, 6) is 1.48. The van der Waals surface area contributed by atoms with Gasteiger partial charge in [-0.1, -0.05) is 31.9 Å². The predicted octanol–water partition coefficient (Wildman–Crippen LogP) is 5.20. The quantitative estimate of drug-likeness (QED) is 0.797. The Kier molecular flexibility index (Phi) is 5.04. The third kappa shape index (κ3) is 3.00. The monoisotopic (exact) mass is 359 g/mol. The minimum absolute atomic E-state index is 0.262. The molecule has 1 aliphatic rings. The van der Waals surface area contributed by atoms with Gasteiger partial charge in [0, 0.05) is 16.6 Å². The zero-order valence-corrected chi connectivity index (χ0v) is 14.9. The van der Waals surface area contributed by atoms with E-state index in [1.165, 1.54) is 19.3 Å². The van der Waals surface area contributed by atoms with Crippen LogP contribution in [0.2, 0.25) is 5.02 Å². The van der Waals surface area contributed by atoms with Crippen LogP contribution in [0.25, 0.3) is 0 Å². The fourth-order valence-electron chi connectivity index (χ4n) is 3.57. The number of ether oxygens (including phenoxy) is 1. The van der Waals surface area contributed by atoms with Crippen molar-refractivity contribution in [3.63, 3.8) is 0 Å². The fourth-order valence-corrected chi connectivity index (χ4v) is 4.57. The molecule has 1 aromatic carbocycles. The maximum absolute atomic E-state index is 6.24. The lowest BCUT2D eigenvalue weighted by molar-refractivity contribution is 0.201. The first-order valence-electron chi connectivity index (χ1n) is 7.11. The molecule has 0 aliphatic heterocycles. The highest BCUT2D eigenvalue weighted by Crippen LogP contribution is 2.50. The highest BCUT2D eigenvalue weighted by Gasteiger charge is 2.40. The topological polar surface area (TPSA) is 21.3 Å². The summed E-state index contributed by atoms with van der Waals surface area (Å²) in [6, 6.07) is 4.18. The summed E-state index contributed by atoms with van der Waals surface area (Å²) < 4.78 is 6.51. The Labute approximate surface area is 135 Å². The molecule has 0 heterocycles. The molecule has 0 amide bonds. The first kappa shape index (κ1) is 16.1. The number of benzene rings is 1. The molecule has 0 aromatic heterocycles. The summed E-state index contributed by atoms with van der Waals surface area (Å²) in [6.07, 6.45) is 3.81. The van der Waals surface area contributed by atoms with Crippen LogP contribution < -0.4 is 10.1 Å². The summed E-state index contributed by atoms with van der Waals surface area (Å²) in [5, 5.41) is 4.23. The maximum Gasteiger partial charge on any atom is 0.137 e. The fraction of sp³-hybridized carbons (Fsp3) is 0.625. The molecule has 20 heavy (non-hydrogen) atoms. The lowest BCUT2D eigenvalue weighted by Gasteiger charge is -2.35. The smallest absolute Gasteiger partial charge is 0.137 e. The Bertz CT molecular complexity index is 490. The second kappa shape index (κ2) is 6.25. The van der Waals surface area contributed by atoms with Gasteiger partial charge in [-0.25, -0.2) is 0 Å². The largest absolute Gasteiger partial charge is 0.495 e. The van der Waals surface area contributed by atoms with Gasteiger partial charge in [-0.05, 0) is 59.3 Å². The first-order valence-corrected chi connectivity index (χ1v) is 8.28. The van der Waals surface area contributed by atoms with Gasteiger partial charge in [0.2, 0.25) is 0 Å². The van der Waals surface area contributed by atoms with Crippen LogP contribution in [-0.4, -0.2) is 14.2 Å². The summed E-state index contributed by atoms with van der Waals surface area (Å²) in [6.45, 7) is 4.72. The summed E-state index contributed by atoms with van der Waals surface area (Å²) in [7, 11) is 3.73. The summed E-state index contributed by atoms with van der Waals surface area (Å²) in [5.41, 5.74) is 1.49. The van der Waals surface area contributed by atoms with Gasteiger partial charge in [0.05, 0.1) is 11.6 Å². The Morgan fingerprint density at radius 2 is 2.15 bits per heavy atom.